The predicted molar refractivity (Wildman–Crippen MR) is 124 cm³/mol. The van der Waals surface area contributed by atoms with E-state index >= 15 is 0 Å². The lowest BCUT2D eigenvalue weighted by atomic mass is 10.0. The molecule has 0 radical (unpaired) electrons. The van der Waals surface area contributed by atoms with Crippen molar-refractivity contribution in [1.29, 1.82) is 0 Å². The number of nitrogens with zero attached hydrogens (tertiary/aromatic N) is 3. The quantitative estimate of drug-likeness (QED) is 0.340. The van der Waals surface area contributed by atoms with E-state index in [4.69, 9.17) is 0 Å². The minimum Gasteiger partial charge on any atom is -0.507 e. The highest BCUT2D eigenvalue weighted by atomic mass is 16.3. The SMILES string of the molecule is O=C(N=Nc1c(O)n(Cc2cccc3ccccc23)c2ccccc12)c1ccccc1O. The Bertz CT molecular complexity index is 1500. The van der Waals surface area contributed by atoms with E-state index in [9.17, 15) is 15.0 Å². The first-order chi connectivity index (χ1) is 15.6. The summed E-state index contributed by atoms with van der Waals surface area (Å²) in [5.41, 5.74) is 2.09. The predicted octanol–water partition coefficient (Wildman–Crippen LogP) is 6.18. The minimum atomic E-state index is -0.687. The van der Waals surface area contributed by atoms with E-state index in [0.717, 1.165) is 21.9 Å². The molecule has 0 unspecified atom stereocenters. The zero-order chi connectivity index (χ0) is 22.1. The van der Waals surface area contributed by atoms with Crippen LogP contribution in [0.2, 0.25) is 0 Å². The number of aromatic hydroxyl groups is 2. The second kappa shape index (κ2) is 8.00. The van der Waals surface area contributed by atoms with Crippen LogP contribution in [0.3, 0.4) is 0 Å². The van der Waals surface area contributed by atoms with E-state index in [0.29, 0.717) is 11.9 Å². The van der Waals surface area contributed by atoms with Crippen molar-refractivity contribution in [2.75, 3.05) is 0 Å². The third kappa shape index (κ3) is 3.37. The monoisotopic (exact) mass is 421 g/mol. The average Bonchev–Trinajstić information content (AvgIpc) is 3.09. The average molecular weight is 421 g/mol. The lowest BCUT2D eigenvalue weighted by Crippen LogP contribution is -1.99. The topological polar surface area (TPSA) is 87.2 Å². The summed E-state index contributed by atoms with van der Waals surface area (Å²) in [7, 11) is 0. The fraction of sp³-hybridized carbons (Fsp3) is 0.0385. The van der Waals surface area contributed by atoms with Crippen LogP contribution in [0.25, 0.3) is 21.7 Å². The van der Waals surface area contributed by atoms with Crippen molar-refractivity contribution in [2.24, 2.45) is 10.2 Å². The largest absolute Gasteiger partial charge is 0.507 e. The molecule has 5 rings (SSSR count). The fourth-order valence-electron chi connectivity index (χ4n) is 3.93. The molecule has 0 aliphatic heterocycles. The van der Waals surface area contributed by atoms with Gasteiger partial charge in [-0.2, -0.15) is 0 Å². The van der Waals surface area contributed by atoms with Crippen molar-refractivity contribution >= 4 is 33.3 Å². The molecule has 1 amide bonds. The highest BCUT2D eigenvalue weighted by Crippen LogP contribution is 2.39. The molecule has 1 aromatic heterocycles. The molecule has 2 N–H and O–H groups in total. The lowest BCUT2D eigenvalue weighted by molar-refractivity contribution is 0.0992. The molecule has 5 aromatic rings. The van der Waals surface area contributed by atoms with Crippen LogP contribution in [-0.2, 0) is 6.54 Å². The molecule has 6 nitrogen and oxygen atoms in total. The Kier molecular flexibility index (Phi) is 4.88. The molecule has 156 valence electrons. The number of benzene rings is 4. The van der Waals surface area contributed by atoms with Crippen molar-refractivity contribution in [3.8, 4) is 11.6 Å². The molecule has 0 bridgehead atoms. The number of hydrogen-bond donors (Lipinski definition) is 2. The Balaban J connectivity index is 1.58. The fourth-order valence-corrected chi connectivity index (χ4v) is 3.93. The molecule has 0 aliphatic rings. The normalized spacial score (nSPS) is 11.5. The van der Waals surface area contributed by atoms with Crippen LogP contribution in [0.1, 0.15) is 15.9 Å². The van der Waals surface area contributed by atoms with Crippen LogP contribution < -0.4 is 0 Å². The summed E-state index contributed by atoms with van der Waals surface area (Å²) in [4.78, 5) is 12.4. The van der Waals surface area contributed by atoms with Crippen molar-refractivity contribution in [1.82, 2.24) is 4.57 Å². The number of phenols is 1. The van der Waals surface area contributed by atoms with Crippen LogP contribution in [0.5, 0.6) is 11.6 Å². The first-order valence-electron chi connectivity index (χ1n) is 10.1. The van der Waals surface area contributed by atoms with Gasteiger partial charge in [0, 0.05) is 5.39 Å². The molecular weight excluding hydrogens is 402 g/mol. The number of carbonyl (C=O) groups excluding carboxylic acids is 1. The highest BCUT2D eigenvalue weighted by molar-refractivity contribution is 5.99. The molecule has 4 aromatic carbocycles. The second-order valence-electron chi connectivity index (χ2n) is 7.44. The number of azo groups is 1. The summed E-state index contributed by atoms with van der Waals surface area (Å²) < 4.78 is 1.76. The zero-order valence-corrected chi connectivity index (χ0v) is 17.0. The number of hydrogen-bond acceptors (Lipinski definition) is 4. The molecule has 32 heavy (non-hydrogen) atoms. The van der Waals surface area contributed by atoms with Gasteiger partial charge in [0.05, 0.1) is 17.6 Å². The molecule has 6 heteroatoms. The second-order valence-corrected chi connectivity index (χ2v) is 7.44. The number of carbonyl (C=O) groups is 1. The van der Waals surface area contributed by atoms with Gasteiger partial charge in [0.15, 0.2) is 5.69 Å². The van der Waals surface area contributed by atoms with Crippen molar-refractivity contribution < 1.29 is 15.0 Å². The Morgan fingerprint density at radius 1 is 0.781 bits per heavy atom. The van der Waals surface area contributed by atoms with Gasteiger partial charge in [0.25, 0.3) is 5.91 Å². The Morgan fingerprint density at radius 2 is 1.47 bits per heavy atom. The van der Waals surface area contributed by atoms with Crippen LogP contribution in [0, 0.1) is 0 Å². The van der Waals surface area contributed by atoms with Gasteiger partial charge in [0.2, 0.25) is 5.88 Å². The van der Waals surface area contributed by atoms with Gasteiger partial charge >= 0.3 is 0 Å². The van der Waals surface area contributed by atoms with Gasteiger partial charge in [-0.1, -0.05) is 72.8 Å². The standard InChI is InChI=1S/C26H19N3O3/c30-23-15-6-4-13-21(23)25(31)28-27-24-20-12-3-5-14-22(20)29(26(24)32)16-18-10-7-9-17-8-1-2-11-19(17)18/h1-15,30,32H,16H2. The minimum absolute atomic E-state index is 0.0511. The summed E-state index contributed by atoms with van der Waals surface area (Å²) in [6.45, 7) is 0.427. The third-order valence-electron chi connectivity index (χ3n) is 5.50. The van der Waals surface area contributed by atoms with E-state index in [1.165, 1.54) is 12.1 Å². The molecule has 0 fully saturated rings. The Labute approximate surface area is 183 Å². The molecule has 1 heterocycles. The summed E-state index contributed by atoms with van der Waals surface area (Å²) >= 11 is 0. The zero-order valence-electron chi connectivity index (χ0n) is 17.0. The third-order valence-corrected chi connectivity index (χ3v) is 5.50. The lowest BCUT2D eigenvalue weighted by Gasteiger charge is -2.10. The number of phenolic OH excluding ortho intramolecular Hbond substituents is 1. The first-order valence-corrected chi connectivity index (χ1v) is 10.1. The molecule has 0 spiro atoms. The van der Waals surface area contributed by atoms with Crippen molar-refractivity contribution in [3.63, 3.8) is 0 Å². The maximum Gasteiger partial charge on any atom is 0.299 e. The Morgan fingerprint density at radius 3 is 2.31 bits per heavy atom. The van der Waals surface area contributed by atoms with Crippen molar-refractivity contribution in [3.05, 3.63) is 102 Å². The van der Waals surface area contributed by atoms with Gasteiger partial charge in [-0.25, -0.2) is 0 Å². The summed E-state index contributed by atoms with van der Waals surface area (Å²) in [5.74, 6) is -0.930. The molecule has 0 atom stereocenters. The van der Waals surface area contributed by atoms with Gasteiger partial charge in [0.1, 0.15) is 5.75 Å². The first kappa shape index (κ1) is 19.5. The van der Waals surface area contributed by atoms with E-state index < -0.39 is 5.91 Å². The number of fused-ring (bicyclic) bond motifs is 2. The van der Waals surface area contributed by atoms with Crippen molar-refractivity contribution in [2.45, 2.75) is 6.54 Å². The Hall–Kier alpha value is -4.45. The molecule has 0 aliphatic carbocycles. The van der Waals surface area contributed by atoms with E-state index in [1.807, 2.05) is 48.5 Å². The molecular formula is C26H19N3O3. The number of amides is 1. The molecule has 0 saturated heterocycles. The van der Waals surface area contributed by atoms with Gasteiger partial charge in [-0.3, -0.25) is 4.79 Å². The van der Waals surface area contributed by atoms with Crippen LogP contribution >= 0.6 is 0 Å². The molecule has 0 saturated carbocycles. The van der Waals surface area contributed by atoms with Gasteiger partial charge < -0.3 is 14.8 Å². The van der Waals surface area contributed by atoms with Crippen LogP contribution in [0.4, 0.5) is 5.69 Å². The van der Waals surface area contributed by atoms with Gasteiger partial charge in [-0.05, 0) is 34.5 Å². The van der Waals surface area contributed by atoms with E-state index in [-0.39, 0.29) is 22.9 Å². The maximum absolute atomic E-state index is 12.4. The summed E-state index contributed by atoms with van der Waals surface area (Å²) in [6.07, 6.45) is 0. The number of para-hydroxylation sites is 2. The van der Waals surface area contributed by atoms with E-state index in [1.54, 1.807) is 16.7 Å². The smallest absolute Gasteiger partial charge is 0.299 e. The highest BCUT2D eigenvalue weighted by Gasteiger charge is 2.18. The van der Waals surface area contributed by atoms with Gasteiger partial charge in [-0.15, -0.1) is 10.2 Å². The number of rotatable bonds is 4. The maximum atomic E-state index is 12.4. The number of aromatic nitrogens is 1. The summed E-state index contributed by atoms with van der Waals surface area (Å²) in [5, 5.41) is 31.6. The summed E-state index contributed by atoms with van der Waals surface area (Å²) in [6, 6.07) is 27.7. The van der Waals surface area contributed by atoms with E-state index in [2.05, 4.69) is 28.4 Å². The van der Waals surface area contributed by atoms with Crippen LogP contribution in [-0.4, -0.2) is 20.7 Å². The van der Waals surface area contributed by atoms with Crippen LogP contribution in [0.15, 0.2) is 101 Å².